The van der Waals surface area contributed by atoms with E-state index in [1.807, 2.05) is 0 Å². The number of carbonyl (C=O) groups is 2. The molecule has 3 saturated heterocycles. The number of aliphatic hydroxyl groups is 1. The van der Waals surface area contributed by atoms with Crippen LogP contribution in [-0.2, 0) is 28.5 Å². The van der Waals surface area contributed by atoms with Gasteiger partial charge in [0.05, 0.1) is 17.8 Å². The third kappa shape index (κ3) is 2.69. The van der Waals surface area contributed by atoms with E-state index in [0.29, 0.717) is 6.42 Å². The fourth-order valence-corrected chi connectivity index (χ4v) is 3.97. The molecule has 3 aliphatic rings. The molecule has 7 nitrogen and oxygen atoms in total. The van der Waals surface area contributed by atoms with Crippen LogP contribution in [0.3, 0.4) is 0 Å². The molecule has 5 atom stereocenters. The van der Waals surface area contributed by atoms with E-state index in [-0.39, 0.29) is 12.2 Å². The van der Waals surface area contributed by atoms with Crippen molar-refractivity contribution >= 4 is 11.9 Å². The molecule has 5 unspecified atom stereocenters. The Bertz CT molecular complexity index is 617. The topological polar surface area (TPSA) is 91.3 Å². The summed E-state index contributed by atoms with van der Waals surface area (Å²) in [4.78, 5) is 24.6. The standard InChI is InChI=1S/C18H26O7/c1-9(2)14(19)24-11-10-7-18(13(23-10)12(11)25-15(18)20)17(5,6)22-8-16(3,4)21/h10-13,21H,1,7-8H2,2-6H3. The maximum absolute atomic E-state index is 12.7. The first-order chi connectivity index (χ1) is 11.4. The van der Waals surface area contributed by atoms with Crippen molar-refractivity contribution < 1.29 is 33.6 Å². The van der Waals surface area contributed by atoms with E-state index in [4.69, 9.17) is 18.9 Å². The average Bonchev–Trinajstić information content (AvgIpc) is 3.07. The van der Waals surface area contributed by atoms with Crippen LogP contribution in [0.25, 0.3) is 0 Å². The van der Waals surface area contributed by atoms with Gasteiger partial charge in [-0.15, -0.1) is 0 Å². The lowest BCUT2D eigenvalue weighted by atomic mass is 9.64. The summed E-state index contributed by atoms with van der Waals surface area (Å²) in [7, 11) is 0. The molecule has 25 heavy (non-hydrogen) atoms. The van der Waals surface area contributed by atoms with E-state index in [2.05, 4.69) is 6.58 Å². The van der Waals surface area contributed by atoms with Gasteiger partial charge in [-0.2, -0.15) is 0 Å². The van der Waals surface area contributed by atoms with Crippen molar-refractivity contribution in [2.75, 3.05) is 6.61 Å². The summed E-state index contributed by atoms with van der Waals surface area (Å²) >= 11 is 0. The van der Waals surface area contributed by atoms with E-state index >= 15 is 0 Å². The summed E-state index contributed by atoms with van der Waals surface area (Å²) in [5, 5.41) is 9.94. The minimum absolute atomic E-state index is 0.0746. The van der Waals surface area contributed by atoms with Gasteiger partial charge in [-0.05, 0) is 41.0 Å². The Balaban J connectivity index is 1.82. The molecule has 0 aromatic heterocycles. The molecule has 3 heterocycles. The van der Waals surface area contributed by atoms with Crippen LogP contribution < -0.4 is 0 Å². The van der Waals surface area contributed by atoms with E-state index < -0.39 is 53.0 Å². The van der Waals surface area contributed by atoms with Crippen molar-refractivity contribution in [2.45, 2.75) is 76.7 Å². The minimum atomic E-state index is -1.02. The smallest absolute Gasteiger partial charge is 0.333 e. The van der Waals surface area contributed by atoms with Crippen LogP contribution in [-0.4, -0.2) is 59.3 Å². The van der Waals surface area contributed by atoms with Crippen LogP contribution >= 0.6 is 0 Å². The van der Waals surface area contributed by atoms with Gasteiger partial charge in [-0.25, -0.2) is 4.79 Å². The van der Waals surface area contributed by atoms with Gasteiger partial charge in [0, 0.05) is 5.57 Å². The molecular formula is C18H26O7. The zero-order chi connectivity index (χ0) is 18.8. The maximum Gasteiger partial charge on any atom is 0.333 e. The summed E-state index contributed by atoms with van der Waals surface area (Å²) in [5.41, 5.74) is -2.61. The second kappa shape index (κ2) is 5.53. The van der Waals surface area contributed by atoms with Crippen molar-refractivity contribution in [1.29, 1.82) is 0 Å². The molecular weight excluding hydrogens is 328 g/mol. The molecule has 0 saturated carbocycles. The highest BCUT2D eigenvalue weighted by atomic mass is 16.7. The summed E-state index contributed by atoms with van der Waals surface area (Å²) in [5.74, 6) is -0.924. The minimum Gasteiger partial charge on any atom is -0.455 e. The number of hydrogen-bond acceptors (Lipinski definition) is 7. The molecule has 3 fully saturated rings. The van der Waals surface area contributed by atoms with Crippen molar-refractivity contribution in [3.8, 4) is 0 Å². The average molecular weight is 354 g/mol. The first-order valence-electron chi connectivity index (χ1n) is 8.48. The molecule has 7 heteroatoms. The third-order valence-electron chi connectivity index (χ3n) is 5.38. The van der Waals surface area contributed by atoms with E-state index in [0.717, 1.165) is 0 Å². The number of hydrogen-bond donors (Lipinski definition) is 1. The van der Waals surface area contributed by atoms with Gasteiger partial charge in [-0.3, -0.25) is 4.79 Å². The number of fused-ring (bicyclic) bond motifs is 1. The van der Waals surface area contributed by atoms with Gasteiger partial charge in [-0.1, -0.05) is 6.58 Å². The van der Waals surface area contributed by atoms with Crippen molar-refractivity contribution in [3.63, 3.8) is 0 Å². The molecule has 0 spiro atoms. The number of esters is 2. The SMILES string of the molecule is C=C(C)C(=O)OC1C2CC3(C(C)(C)OCC(C)(C)O)C(=O)OC1C3O2. The second-order valence-corrected chi connectivity index (χ2v) is 8.40. The van der Waals surface area contributed by atoms with Gasteiger partial charge in [0.1, 0.15) is 17.6 Å². The molecule has 0 aliphatic carbocycles. The van der Waals surface area contributed by atoms with Crippen LogP contribution in [0, 0.1) is 5.41 Å². The predicted octanol–water partition coefficient (Wildman–Crippen LogP) is 1.12. The van der Waals surface area contributed by atoms with Crippen molar-refractivity contribution in [3.05, 3.63) is 12.2 Å². The fourth-order valence-electron chi connectivity index (χ4n) is 3.97. The summed E-state index contributed by atoms with van der Waals surface area (Å²) < 4.78 is 22.8. The zero-order valence-electron chi connectivity index (χ0n) is 15.3. The van der Waals surface area contributed by atoms with E-state index in [1.54, 1.807) is 34.6 Å². The Hall–Kier alpha value is -1.44. The molecule has 1 N–H and O–H groups in total. The van der Waals surface area contributed by atoms with Crippen LogP contribution in [0.15, 0.2) is 12.2 Å². The molecule has 0 aromatic rings. The fraction of sp³-hybridized carbons (Fsp3) is 0.778. The van der Waals surface area contributed by atoms with Gasteiger partial charge in [0.25, 0.3) is 0 Å². The number of ether oxygens (including phenoxy) is 4. The monoisotopic (exact) mass is 354 g/mol. The summed E-state index contributed by atoms with van der Waals surface area (Å²) in [6, 6.07) is 0. The van der Waals surface area contributed by atoms with Crippen molar-refractivity contribution in [1.82, 2.24) is 0 Å². The molecule has 3 aliphatic heterocycles. The zero-order valence-corrected chi connectivity index (χ0v) is 15.3. The molecule has 0 amide bonds. The quantitative estimate of drug-likeness (QED) is 0.564. The normalized spacial score (nSPS) is 36.5. The second-order valence-electron chi connectivity index (χ2n) is 8.40. The predicted molar refractivity (Wildman–Crippen MR) is 86.6 cm³/mol. The van der Waals surface area contributed by atoms with Crippen LogP contribution in [0.5, 0.6) is 0 Å². The lowest BCUT2D eigenvalue weighted by Gasteiger charge is -2.42. The molecule has 0 aromatic carbocycles. The largest absolute Gasteiger partial charge is 0.455 e. The number of carbonyl (C=O) groups excluding carboxylic acids is 2. The van der Waals surface area contributed by atoms with Crippen molar-refractivity contribution in [2.24, 2.45) is 5.41 Å². The van der Waals surface area contributed by atoms with Gasteiger partial charge < -0.3 is 24.1 Å². The Morgan fingerprint density at radius 3 is 2.60 bits per heavy atom. The Morgan fingerprint density at radius 1 is 1.40 bits per heavy atom. The lowest BCUT2D eigenvalue weighted by molar-refractivity contribution is -0.177. The highest BCUT2D eigenvalue weighted by Crippen LogP contribution is 2.60. The first-order valence-corrected chi connectivity index (χ1v) is 8.48. The summed E-state index contributed by atoms with van der Waals surface area (Å²) in [6.07, 6.45) is -1.88. The Labute approximate surface area is 147 Å². The van der Waals surface area contributed by atoms with Gasteiger partial charge in [0.15, 0.2) is 12.2 Å². The van der Waals surface area contributed by atoms with Gasteiger partial charge >= 0.3 is 11.9 Å². The van der Waals surface area contributed by atoms with Crippen LogP contribution in [0.2, 0.25) is 0 Å². The van der Waals surface area contributed by atoms with E-state index in [1.165, 1.54) is 0 Å². The number of rotatable bonds is 6. The third-order valence-corrected chi connectivity index (χ3v) is 5.38. The Morgan fingerprint density at radius 2 is 2.04 bits per heavy atom. The van der Waals surface area contributed by atoms with Crippen LogP contribution in [0.4, 0.5) is 0 Å². The molecule has 0 radical (unpaired) electrons. The first kappa shape index (κ1) is 18.4. The molecule has 140 valence electrons. The van der Waals surface area contributed by atoms with E-state index in [9.17, 15) is 14.7 Å². The maximum atomic E-state index is 12.7. The molecule has 3 rings (SSSR count). The lowest BCUT2D eigenvalue weighted by Crippen LogP contribution is -2.57. The highest BCUT2D eigenvalue weighted by molar-refractivity contribution is 5.88. The highest BCUT2D eigenvalue weighted by Gasteiger charge is 2.78. The molecule has 2 bridgehead atoms. The summed E-state index contributed by atoms with van der Waals surface area (Å²) in [6.45, 7) is 12.1. The Kier molecular flexibility index (Phi) is 4.06. The van der Waals surface area contributed by atoms with Crippen LogP contribution in [0.1, 0.15) is 41.0 Å². The van der Waals surface area contributed by atoms with Gasteiger partial charge in [0.2, 0.25) is 0 Å².